The van der Waals surface area contributed by atoms with Gasteiger partial charge in [0, 0.05) is 29.0 Å². The van der Waals surface area contributed by atoms with Gasteiger partial charge in [0.05, 0.1) is 29.9 Å². The number of nitrogens with one attached hydrogen (secondary N) is 1. The predicted molar refractivity (Wildman–Crippen MR) is 133 cm³/mol. The first-order valence-electron chi connectivity index (χ1n) is 11.2. The van der Waals surface area contributed by atoms with Crippen LogP contribution in [0.5, 0.6) is 11.5 Å². The molecule has 0 radical (unpaired) electrons. The Morgan fingerprint density at radius 2 is 2.00 bits per heavy atom. The summed E-state index contributed by atoms with van der Waals surface area (Å²) in [6, 6.07) is 6.77. The van der Waals surface area contributed by atoms with Crippen molar-refractivity contribution < 1.29 is 23.8 Å². The maximum absolute atomic E-state index is 14.6. The summed E-state index contributed by atoms with van der Waals surface area (Å²) < 4.78 is 26.8. The molecule has 2 aromatic carbocycles. The Kier molecular flexibility index (Phi) is 6.59. The average Bonchev–Trinajstić information content (AvgIpc) is 3.42. The molecule has 0 spiro atoms. The van der Waals surface area contributed by atoms with E-state index < -0.39 is 11.9 Å². The number of carbonyl (C=O) groups is 1. The van der Waals surface area contributed by atoms with Crippen LogP contribution >= 0.6 is 27.5 Å². The number of ether oxygens (including phenoxy) is 2. The Labute approximate surface area is 214 Å². The summed E-state index contributed by atoms with van der Waals surface area (Å²) in [5.41, 5.74) is 0.799. The summed E-state index contributed by atoms with van der Waals surface area (Å²) in [4.78, 5) is 21.4. The topological polar surface area (TPSA) is 96.8 Å². The third kappa shape index (κ3) is 4.69. The molecule has 3 aromatic rings. The van der Waals surface area contributed by atoms with Gasteiger partial charge in [0.1, 0.15) is 12.1 Å². The minimum Gasteiger partial charge on any atom is -0.493 e. The van der Waals surface area contributed by atoms with E-state index in [-0.39, 0.29) is 10.7 Å². The van der Waals surface area contributed by atoms with Gasteiger partial charge in [0.15, 0.2) is 17.3 Å². The molecule has 11 heteroatoms. The monoisotopic (exact) mass is 564 g/mol. The highest BCUT2D eigenvalue weighted by molar-refractivity contribution is 9.10. The molecule has 1 aliphatic heterocycles. The van der Waals surface area contributed by atoms with E-state index >= 15 is 0 Å². The van der Waals surface area contributed by atoms with Gasteiger partial charge < -0.3 is 24.8 Å². The van der Waals surface area contributed by atoms with Crippen LogP contribution in [0.25, 0.3) is 10.9 Å². The number of nitrogens with zero attached hydrogens (tertiary/aromatic N) is 3. The van der Waals surface area contributed by atoms with Crippen LogP contribution in [0.1, 0.15) is 12.8 Å². The zero-order valence-corrected chi connectivity index (χ0v) is 21.1. The maximum atomic E-state index is 14.6. The third-order valence-electron chi connectivity index (χ3n) is 6.80. The number of hydrogen-bond acceptors (Lipinski definition) is 6. The van der Waals surface area contributed by atoms with E-state index in [0.717, 1.165) is 12.8 Å². The van der Waals surface area contributed by atoms with Gasteiger partial charge in [-0.15, -0.1) is 0 Å². The molecule has 2 heterocycles. The van der Waals surface area contributed by atoms with Crippen LogP contribution in [0.4, 0.5) is 20.7 Å². The Hall–Kier alpha value is -2.85. The molecule has 184 valence electrons. The molecule has 2 aliphatic rings. The number of anilines is 2. The molecule has 1 amide bonds. The molecule has 1 aromatic heterocycles. The standard InChI is InChI=1S/C24H23BrClFN4O4/c1-34-19-6-15-18(28-11-29-23(15)30-17-3-2-16(25)21(26)22(17)27)7-20(19)35-10-12-4-13-8-31(24(32)33)9-14(13)5-12/h2-3,6-7,11-14H,4-5,8-10H2,1H3,(H,32,33)(H,28,29,30)/t12?,13-,14+. The highest BCUT2D eigenvalue weighted by atomic mass is 79.9. The number of rotatable bonds is 6. The van der Waals surface area contributed by atoms with Gasteiger partial charge in [-0.25, -0.2) is 19.2 Å². The number of carboxylic acid groups (broad SMARTS) is 1. The number of amides is 1. The fourth-order valence-electron chi connectivity index (χ4n) is 5.11. The summed E-state index contributed by atoms with van der Waals surface area (Å²) in [5, 5.41) is 12.8. The van der Waals surface area contributed by atoms with Gasteiger partial charge >= 0.3 is 6.09 Å². The number of aromatic nitrogens is 2. The number of likely N-dealkylation sites (tertiary alicyclic amines) is 1. The number of halogens is 3. The number of hydrogen-bond donors (Lipinski definition) is 2. The zero-order valence-electron chi connectivity index (χ0n) is 18.8. The molecule has 2 N–H and O–H groups in total. The SMILES string of the molecule is COc1cc2c(Nc3ccc(Br)c(Cl)c3F)ncnc2cc1OCC1C[C@@H]2CN(C(=O)O)C[C@@H]2C1. The van der Waals surface area contributed by atoms with Crippen molar-refractivity contribution in [3.8, 4) is 11.5 Å². The lowest BCUT2D eigenvalue weighted by Gasteiger charge is -2.18. The second-order valence-electron chi connectivity index (χ2n) is 8.95. The predicted octanol–water partition coefficient (Wildman–Crippen LogP) is 5.95. The zero-order chi connectivity index (χ0) is 24.7. The molecule has 35 heavy (non-hydrogen) atoms. The van der Waals surface area contributed by atoms with Crippen molar-refractivity contribution in [2.45, 2.75) is 12.8 Å². The molecule has 2 fully saturated rings. The molecular weight excluding hydrogens is 543 g/mol. The quantitative estimate of drug-likeness (QED) is 0.356. The highest BCUT2D eigenvalue weighted by Gasteiger charge is 2.42. The molecule has 8 nitrogen and oxygen atoms in total. The minimum absolute atomic E-state index is 0.0200. The lowest BCUT2D eigenvalue weighted by molar-refractivity contribution is 0.149. The van der Waals surface area contributed by atoms with E-state index in [1.165, 1.54) is 11.2 Å². The van der Waals surface area contributed by atoms with Gasteiger partial charge in [0.2, 0.25) is 0 Å². The molecule has 3 atom stereocenters. The van der Waals surface area contributed by atoms with Crippen LogP contribution in [0, 0.1) is 23.6 Å². The first-order chi connectivity index (χ1) is 16.8. The lowest BCUT2D eigenvalue weighted by Crippen LogP contribution is -2.28. The van der Waals surface area contributed by atoms with Crippen molar-refractivity contribution in [2.24, 2.45) is 17.8 Å². The van der Waals surface area contributed by atoms with Gasteiger partial charge in [-0.3, -0.25) is 0 Å². The number of fused-ring (bicyclic) bond motifs is 2. The highest BCUT2D eigenvalue weighted by Crippen LogP contribution is 2.43. The van der Waals surface area contributed by atoms with Gasteiger partial charge in [0.25, 0.3) is 0 Å². The van der Waals surface area contributed by atoms with E-state index in [1.54, 1.807) is 31.4 Å². The normalized spacial score (nSPS) is 21.3. The fourth-order valence-corrected chi connectivity index (χ4v) is 5.58. The first kappa shape index (κ1) is 23.9. The minimum atomic E-state index is -0.838. The Morgan fingerprint density at radius 1 is 1.26 bits per heavy atom. The van der Waals surface area contributed by atoms with Crippen LogP contribution in [-0.4, -0.2) is 52.9 Å². The second kappa shape index (κ2) is 9.66. The maximum Gasteiger partial charge on any atom is 0.407 e. The third-order valence-corrected chi connectivity index (χ3v) is 8.06. The number of benzene rings is 2. The van der Waals surface area contributed by atoms with Crippen LogP contribution in [-0.2, 0) is 0 Å². The largest absolute Gasteiger partial charge is 0.493 e. The summed E-state index contributed by atoms with van der Waals surface area (Å²) in [6.45, 7) is 1.72. The Balaban J connectivity index is 1.33. The Bertz CT molecular complexity index is 1280. The van der Waals surface area contributed by atoms with Crippen molar-refractivity contribution in [2.75, 3.05) is 32.1 Å². The summed E-state index contributed by atoms with van der Waals surface area (Å²) in [6.07, 6.45) is 2.45. The van der Waals surface area contributed by atoms with Crippen LogP contribution in [0.3, 0.4) is 0 Å². The van der Waals surface area contributed by atoms with Gasteiger partial charge in [-0.1, -0.05) is 11.6 Å². The van der Waals surface area contributed by atoms with E-state index in [4.69, 9.17) is 21.1 Å². The molecule has 5 rings (SSSR count). The first-order valence-corrected chi connectivity index (χ1v) is 12.3. The average molecular weight is 566 g/mol. The van der Waals surface area contributed by atoms with Crippen LogP contribution in [0.2, 0.25) is 5.02 Å². The number of methoxy groups -OCH3 is 1. The van der Waals surface area contributed by atoms with Crippen LogP contribution < -0.4 is 14.8 Å². The smallest absolute Gasteiger partial charge is 0.407 e. The molecule has 1 saturated carbocycles. The van der Waals surface area contributed by atoms with E-state index in [2.05, 4.69) is 31.2 Å². The Morgan fingerprint density at radius 3 is 2.69 bits per heavy atom. The van der Waals surface area contributed by atoms with Crippen molar-refractivity contribution in [1.29, 1.82) is 0 Å². The fraction of sp³-hybridized carbons (Fsp3) is 0.375. The van der Waals surface area contributed by atoms with Crippen LogP contribution in [0.15, 0.2) is 35.1 Å². The van der Waals surface area contributed by atoms with Gasteiger partial charge in [-0.05, 0) is 64.7 Å². The summed E-state index contributed by atoms with van der Waals surface area (Å²) >= 11 is 9.23. The van der Waals surface area contributed by atoms with Crippen molar-refractivity contribution in [1.82, 2.24) is 14.9 Å². The molecule has 1 saturated heterocycles. The molecule has 1 unspecified atom stereocenters. The molecule has 0 bridgehead atoms. The summed E-state index contributed by atoms with van der Waals surface area (Å²) in [5.74, 6) is 2.04. The van der Waals surface area contributed by atoms with Crippen molar-refractivity contribution >= 4 is 56.0 Å². The summed E-state index contributed by atoms with van der Waals surface area (Å²) in [7, 11) is 1.56. The van der Waals surface area contributed by atoms with E-state index in [9.17, 15) is 14.3 Å². The molecular formula is C24H23BrClFN4O4. The lowest BCUT2D eigenvalue weighted by atomic mass is 10.0. The van der Waals surface area contributed by atoms with Crippen molar-refractivity contribution in [3.05, 3.63) is 45.9 Å². The van der Waals surface area contributed by atoms with E-state index in [1.807, 2.05) is 0 Å². The molecule has 1 aliphatic carbocycles. The van der Waals surface area contributed by atoms with Gasteiger partial charge in [-0.2, -0.15) is 0 Å². The van der Waals surface area contributed by atoms with E-state index in [0.29, 0.717) is 70.1 Å². The second-order valence-corrected chi connectivity index (χ2v) is 10.2. The van der Waals surface area contributed by atoms with Crippen molar-refractivity contribution in [3.63, 3.8) is 0 Å².